The molecule has 0 spiro atoms. The fraction of sp³-hybridized carbons (Fsp3) is 0.320. The maximum absolute atomic E-state index is 13.5. The smallest absolute Gasteiger partial charge is 0.332 e. The largest absolute Gasteiger partial charge is 0.342 e. The number of nitrogens with zero attached hydrogens (tertiary/aromatic N) is 5. The van der Waals surface area contributed by atoms with Crippen LogP contribution in [0, 0.1) is 11.7 Å². The Morgan fingerprint density at radius 3 is 2.45 bits per heavy atom. The van der Waals surface area contributed by atoms with E-state index in [0.717, 1.165) is 25.5 Å². The first-order valence-corrected chi connectivity index (χ1v) is 11.2. The van der Waals surface area contributed by atoms with Crippen molar-refractivity contribution in [3.8, 4) is 0 Å². The number of hydrogen-bond acceptors (Lipinski definition) is 4. The van der Waals surface area contributed by atoms with Gasteiger partial charge < -0.3 is 9.47 Å². The second-order valence-electron chi connectivity index (χ2n) is 8.84. The van der Waals surface area contributed by atoms with Gasteiger partial charge in [0.25, 0.3) is 5.56 Å². The topological polar surface area (TPSA) is 65.1 Å². The Kier molecular flexibility index (Phi) is 5.36. The molecule has 1 aliphatic rings. The molecule has 2 aromatic carbocycles. The lowest BCUT2D eigenvalue weighted by Gasteiger charge is -2.33. The van der Waals surface area contributed by atoms with E-state index in [0.29, 0.717) is 29.2 Å². The Labute approximate surface area is 190 Å². The van der Waals surface area contributed by atoms with Crippen molar-refractivity contribution in [1.29, 1.82) is 0 Å². The molecular weight excluding hydrogens is 421 g/mol. The first-order valence-electron chi connectivity index (χ1n) is 11.2. The predicted molar refractivity (Wildman–Crippen MR) is 126 cm³/mol. The third kappa shape index (κ3) is 3.86. The van der Waals surface area contributed by atoms with Crippen molar-refractivity contribution in [2.45, 2.75) is 26.4 Å². The van der Waals surface area contributed by atoms with Crippen LogP contribution in [0.2, 0.25) is 0 Å². The van der Waals surface area contributed by atoms with Crippen LogP contribution in [0.3, 0.4) is 0 Å². The maximum Gasteiger partial charge on any atom is 0.332 e. The van der Waals surface area contributed by atoms with Gasteiger partial charge in [-0.3, -0.25) is 13.9 Å². The van der Waals surface area contributed by atoms with Crippen LogP contribution < -0.4 is 16.1 Å². The highest BCUT2D eigenvalue weighted by atomic mass is 19.1. The number of aromatic nitrogens is 4. The molecule has 1 atom stereocenters. The predicted octanol–water partition coefficient (Wildman–Crippen LogP) is 2.78. The summed E-state index contributed by atoms with van der Waals surface area (Å²) in [4.78, 5) is 33.5. The Bertz CT molecular complexity index is 1420. The first kappa shape index (κ1) is 21.2. The van der Waals surface area contributed by atoms with E-state index in [-0.39, 0.29) is 17.9 Å². The number of rotatable bonds is 5. The molecule has 170 valence electrons. The van der Waals surface area contributed by atoms with E-state index >= 15 is 0 Å². The summed E-state index contributed by atoms with van der Waals surface area (Å²) in [6.45, 7) is 4.51. The number of halogens is 1. The lowest BCUT2D eigenvalue weighted by Crippen LogP contribution is -2.41. The molecule has 5 rings (SSSR count). The van der Waals surface area contributed by atoms with Crippen molar-refractivity contribution >= 4 is 17.1 Å². The first-order chi connectivity index (χ1) is 15.9. The fourth-order valence-electron chi connectivity index (χ4n) is 4.61. The monoisotopic (exact) mass is 447 g/mol. The lowest BCUT2D eigenvalue weighted by molar-refractivity contribution is 0.437. The highest BCUT2D eigenvalue weighted by molar-refractivity contribution is 5.75. The summed E-state index contributed by atoms with van der Waals surface area (Å²) in [5, 5.41) is 0. The number of anilines is 1. The summed E-state index contributed by atoms with van der Waals surface area (Å²) in [6, 6.07) is 16.1. The Morgan fingerprint density at radius 1 is 1.00 bits per heavy atom. The van der Waals surface area contributed by atoms with Gasteiger partial charge in [0.2, 0.25) is 5.95 Å². The van der Waals surface area contributed by atoms with Crippen molar-refractivity contribution < 1.29 is 4.39 Å². The highest BCUT2D eigenvalue weighted by Gasteiger charge is 2.28. The van der Waals surface area contributed by atoms with Crippen molar-refractivity contribution in [3.05, 3.63) is 92.4 Å². The third-order valence-electron chi connectivity index (χ3n) is 6.29. The number of imidazole rings is 1. The van der Waals surface area contributed by atoms with Crippen LogP contribution in [-0.4, -0.2) is 31.8 Å². The average Bonchev–Trinajstić information content (AvgIpc) is 3.20. The number of fused-ring (bicyclic) bond motifs is 3. The van der Waals surface area contributed by atoms with Crippen LogP contribution in [0.1, 0.15) is 18.1 Å². The van der Waals surface area contributed by atoms with E-state index in [2.05, 4.69) is 24.0 Å². The molecule has 0 saturated carbocycles. The van der Waals surface area contributed by atoms with Gasteiger partial charge in [0.1, 0.15) is 5.82 Å². The summed E-state index contributed by atoms with van der Waals surface area (Å²) < 4.78 is 17.9. The molecule has 7 nitrogen and oxygen atoms in total. The molecule has 8 heteroatoms. The van der Waals surface area contributed by atoms with E-state index < -0.39 is 5.69 Å². The minimum absolute atomic E-state index is 0.0789. The Hall–Kier alpha value is -3.68. The SMILES string of the molecule is C[C@H]1CN(CCc2ccccc2)c2nc3c(c(=O)n(Cc4ccc(F)cc4)c(=O)n3C)n2C1. The van der Waals surface area contributed by atoms with Crippen molar-refractivity contribution in [3.63, 3.8) is 0 Å². The van der Waals surface area contributed by atoms with Crippen molar-refractivity contribution in [2.75, 3.05) is 18.0 Å². The minimum atomic E-state index is -0.434. The molecule has 0 aliphatic carbocycles. The quantitative estimate of drug-likeness (QED) is 0.472. The van der Waals surface area contributed by atoms with Crippen LogP contribution in [0.4, 0.5) is 10.3 Å². The van der Waals surface area contributed by atoms with Crippen LogP contribution >= 0.6 is 0 Å². The number of hydrogen-bond donors (Lipinski definition) is 0. The standard InChI is InChI=1S/C25H26FN5O2/c1-17-14-29(13-12-18-6-4-3-5-7-18)24-27-22-21(30(24)15-17)23(32)31(25(33)28(22)2)16-19-8-10-20(26)11-9-19/h3-11,17H,12-16H2,1-2H3/t17-/m0/s1. The summed E-state index contributed by atoms with van der Waals surface area (Å²) >= 11 is 0. The number of aryl methyl sites for hydroxylation is 1. The van der Waals surface area contributed by atoms with Gasteiger partial charge in [-0.15, -0.1) is 0 Å². The molecule has 0 fully saturated rings. The molecule has 1 aliphatic heterocycles. The van der Waals surface area contributed by atoms with Crippen molar-refractivity contribution in [2.24, 2.45) is 13.0 Å². The van der Waals surface area contributed by atoms with Gasteiger partial charge in [0.05, 0.1) is 6.54 Å². The molecule has 2 aromatic heterocycles. The molecule has 3 heterocycles. The molecule has 0 radical (unpaired) electrons. The van der Waals surface area contributed by atoms with E-state index in [9.17, 15) is 14.0 Å². The maximum atomic E-state index is 13.5. The van der Waals surface area contributed by atoms with Gasteiger partial charge in [-0.25, -0.2) is 9.18 Å². The molecular formula is C25H26FN5O2. The number of benzene rings is 2. The Balaban J connectivity index is 1.58. The van der Waals surface area contributed by atoms with Gasteiger partial charge >= 0.3 is 5.69 Å². The van der Waals surface area contributed by atoms with E-state index in [1.54, 1.807) is 19.2 Å². The third-order valence-corrected chi connectivity index (χ3v) is 6.29. The Morgan fingerprint density at radius 2 is 1.73 bits per heavy atom. The van der Waals surface area contributed by atoms with Gasteiger partial charge in [-0.1, -0.05) is 49.4 Å². The molecule has 0 unspecified atom stereocenters. The van der Waals surface area contributed by atoms with Crippen LogP contribution in [0.25, 0.3) is 11.2 Å². The van der Waals surface area contributed by atoms with Crippen LogP contribution in [-0.2, 0) is 26.6 Å². The lowest BCUT2D eigenvalue weighted by atomic mass is 10.1. The van der Waals surface area contributed by atoms with Gasteiger partial charge in [0.15, 0.2) is 11.2 Å². The van der Waals surface area contributed by atoms with E-state index in [1.165, 1.54) is 26.8 Å². The molecule has 4 aromatic rings. The normalized spacial score (nSPS) is 15.7. The molecule has 0 N–H and O–H groups in total. The summed E-state index contributed by atoms with van der Waals surface area (Å²) in [6.07, 6.45) is 0.866. The summed E-state index contributed by atoms with van der Waals surface area (Å²) in [5.74, 6) is 0.697. The van der Waals surface area contributed by atoms with Gasteiger partial charge in [-0.05, 0) is 35.6 Å². The summed E-state index contributed by atoms with van der Waals surface area (Å²) in [5.41, 5.74) is 1.96. The second-order valence-corrected chi connectivity index (χ2v) is 8.84. The average molecular weight is 448 g/mol. The van der Waals surface area contributed by atoms with Crippen molar-refractivity contribution in [1.82, 2.24) is 18.7 Å². The second kappa shape index (κ2) is 8.35. The van der Waals surface area contributed by atoms with Gasteiger partial charge in [0, 0.05) is 26.7 Å². The minimum Gasteiger partial charge on any atom is -0.342 e. The highest BCUT2D eigenvalue weighted by Crippen LogP contribution is 2.27. The summed E-state index contributed by atoms with van der Waals surface area (Å²) in [7, 11) is 1.64. The zero-order valence-corrected chi connectivity index (χ0v) is 18.7. The van der Waals surface area contributed by atoms with E-state index in [1.807, 2.05) is 22.8 Å². The molecule has 0 saturated heterocycles. The fourth-order valence-corrected chi connectivity index (χ4v) is 4.61. The van der Waals surface area contributed by atoms with E-state index in [4.69, 9.17) is 4.98 Å². The molecule has 0 bridgehead atoms. The molecule has 33 heavy (non-hydrogen) atoms. The zero-order chi connectivity index (χ0) is 23.1. The van der Waals surface area contributed by atoms with Gasteiger partial charge in [-0.2, -0.15) is 4.98 Å². The van der Waals surface area contributed by atoms with Crippen LogP contribution in [0.5, 0.6) is 0 Å². The zero-order valence-electron chi connectivity index (χ0n) is 18.7. The van der Waals surface area contributed by atoms with Crippen LogP contribution in [0.15, 0.2) is 64.2 Å². The molecule has 0 amide bonds.